The van der Waals surface area contributed by atoms with Gasteiger partial charge in [0.15, 0.2) is 11.6 Å². The number of furan rings is 1. The van der Waals surface area contributed by atoms with Gasteiger partial charge in [0.1, 0.15) is 5.76 Å². The van der Waals surface area contributed by atoms with Crippen LogP contribution in [-0.4, -0.2) is 5.78 Å². The van der Waals surface area contributed by atoms with Crippen LogP contribution in [0.15, 0.2) is 41.0 Å². The van der Waals surface area contributed by atoms with E-state index in [1.54, 1.807) is 18.2 Å². The highest BCUT2D eigenvalue weighted by atomic mass is 35.5. The van der Waals surface area contributed by atoms with Gasteiger partial charge in [0.25, 0.3) is 0 Å². The average molecular weight is 239 g/mol. The van der Waals surface area contributed by atoms with E-state index < -0.39 is 5.82 Å². The molecule has 0 aliphatic rings. The molecule has 0 aliphatic heterocycles. The van der Waals surface area contributed by atoms with Crippen molar-refractivity contribution in [3.63, 3.8) is 0 Å². The van der Waals surface area contributed by atoms with Gasteiger partial charge in [-0.2, -0.15) is 0 Å². The summed E-state index contributed by atoms with van der Waals surface area (Å²) in [6.45, 7) is 0. The maximum Gasteiger partial charge on any atom is 0.173 e. The van der Waals surface area contributed by atoms with Gasteiger partial charge in [0, 0.05) is 0 Å². The molecule has 0 N–H and O–H groups in total. The number of carbonyl (C=O) groups is 1. The Morgan fingerprint density at radius 3 is 2.81 bits per heavy atom. The van der Waals surface area contributed by atoms with Crippen molar-refractivity contribution in [2.24, 2.45) is 0 Å². The number of hydrogen-bond acceptors (Lipinski definition) is 2. The SMILES string of the molecule is O=C(Cc1ccco1)c1cccc(Cl)c1F. The highest BCUT2D eigenvalue weighted by molar-refractivity contribution is 6.31. The van der Waals surface area contributed by atoms with Crippen LogP contribution in [0, 0.1) is 5.82 Å². The first-order chi connectivity index (χ1) is 7.68. The van der Waals surface area contributed by atoms with E-state index in [4.69, 9.17) is 16.0 Å². The standard InChI is InChI=1S/C12H8ClFO2/c13-10-5-1-4-9(12(10)14)11(15)7-8-3-2-6-16-8/h1-6H,7H2. The van der Waals surface area contributed by atoms with Gasteiger partial charge >= 0.3 is 0 Å². The van der Waals surface area contributed by atoms with Crippen LogP contribution in [-0.2, 0) is 6.42 Å². The van der Waals surface area contributed by atoms with Crippen molar-refractivity contribution in [1.82, 2.24) is 0 Å². The van der Waals surface area contributed by atoms with Gasteiger partial charge in [-0.25, -0.2) is 4.39 Å². The first kappa shape index (κ1) is 10.9. The van der Waals surface area contributed by atoms with Crippen LogP contribution in [0.25, 0.3) is 0 Å². The normalized spacial score (nSPS) is 10.4. The molecule has 0 unspecified atom stereocenters. The first-order valence-corrected chi connectivity index (χ1v) is 5.06. The maximum atomic E-state index is 13.5. The van der Waals surface area contributed by atoms with E-state index >= 15 is 0 Å². The fourth-order valence-electron chi connectivity index (χ4n) is 1.39. The van der Waals surface area contributed by atoms with Crippen LogP contribution in [0.3, 0.4) is 0 Å². The zero-order valence-electron chi connectivity index (χ0n) is 8.24. The summed E-state index contributed by atoms with van der Waals surface area (Å²) in [5.74, 6) is -0.528. The van der Waals surface area contributed by atoms with Gasteiger partial charge in [0.05, 0.1) is 23.3 Å². The van der Waals surface area contributed by atoms with E-state index in [1.807, 2.05) is 0 Å². The van der Waals surface area contributed by atoms with E-state index in [9.17, 15) is 9.18 Å². The summed E-state index contributed by atoms with van der Waals surface area (Å²) in [5.41, 5.74) is -0.0103. The Morgan fingerprint density at radius 2 is 2.12 bits per heavy atom. The van der Waals surface area contributed by atoms with Gasteiger partial charge in [0.2, 0.25) is 0 Å². The molecule has 0 saturated heterocycles. The van der Waals surface area contributed by atoms with Gasteiger partial charge in [-0.1, -0.05) is 17.7 Å². The van der Waals surface area contributed by atoms with E-state index in [0.29, 0.717) is 5.76 Å². The molecule has 82 valence electrons. The second-order valence-corrected chi connectivity index (χ2v) is 3.69. The third-order valence-corrected chi connectivity index (χ3v) is 2.46. The third-order valence-electron chi connectivity index (χ3n) is 2.17. The van der Waals surface area contributed by atoms with E-state index in [-0.39, 0.29) is 22.8 Å². The summed E-state index contributed by atoms with van der Waals surface area (Å²) in [5, 5.41) is -0.0507. The quantitative estimate of drug-likeness (QED) is 0.766. The van der Waals surface area contributed by atoms with Crippen LogP contribution in [0.2, 0.25) is 5.02 Å². The fraction of sp³-hybridized carbons (Fsp3) is 0.0833. The third kappa shape index (κ3) is 2.14. The number of carbonyl (C=O) groups excluding carboxylic acids is 1. The molecule has 0 radical (unpaired) electrons. The van der Waals surface area contributed by atoms with Gasteiger partial charge in [-0.05, 0) is 24.3 Å². The van der Waals surface area contributed by atoms with Crippen molar-refractivity contribution < 1.29 is 13.6 Å². The first-order valence-electron chi connectivity index (χ1n) is 4.68. The molecular formula is C12H8ClFO2. The number of rotatable bonds is 3. The number of ketones is 1. The summed E-state index contributed by atoms with van der Waals surface area (Å²) in [6.07, 6.45) is 1.50. The molecule has 1 heterocycles. The van der Waals surface area contributed by atoms with Crippen LogP contribution in [0.4, 0.5) is 4.39 Å². The molecule has 2 nitrogen and oxygen atoms in total. The smallest absolute Gasteiger partial charge is 0.173 e. The summed E-state index contributed by atoms with van der Waals surface area (Å²) < 4.78 is 18.5. The van der Waals surface area contributed by atoms with Crippen molar-refractivity contribution in [2.75, 3.05) is 0 Å². The Hall–Kier alpha value is -1.61. The Balaban J connectivity index is 2.24. The van der Waals surface area contributed by atoms with Crippen molar-refractivity contribution >= 4 is 17.4 Å². The van der Waals surface area contributed by atoms with Crippen molar-refractivity contribution in [2.45, 2.75) is 6.42 Å². The summed E-state index contributed by atoms with van der Waals surface area (Å²) in [6, 6.07) is 7.70. The second kappa shape index (κ2) is 4.49. The number of halogens is 2. The largest absolute Gasteiger partial charge is 0.469 e. The molecule has 2 aromatic rings. The average Bonchev–Trinajstić information content (AvgIpc) is 2.74. The molecule has 0 atom stereocenters. The lowest BCUT2D eigenvalue weighted by Gasteiger charge is -2.02. The van der Waals surface area contributed by atoms with Crippen LogP contribution in [0.1, 0.15) is 16.1 Å². The molecule has 0 spiro atoms. The zero-order chi connectivity index (χ0) is 11.5. The molecule has 1 aromatic heterocycles. The van der Waals surface area contributed by atoms with Crippen molar-refractivity contribution in [3.05, 3.63) is 58.8 Å². The van der Waals surface area contributed by atoms with Crippen LogP contribution in [0.5, 0.6) is 0 Å². The van der Waals surface area contributed by atoms with E-state index in [2.05, 4.69) is 0 Å². The molecule has 2 rings (SSSR count). The lowest BCUT2D eigenvalue weighted by atomic mass is 10.1. The number of Topliss-reactive ketones (excluding diaryl/α,β-unsaturated/α-hetero) is 1. The summed E-state index contributed by atoms with van der Waals surface area (Å²) in [4.78, 5) is 11.7. The van der Waals surface area contributed by atoms with Gasteiger partial charge < -0.3 is 4.42 Å². The predicted octanol–water partition coefficient (Wildman–Crippen LogP) is 3.50. The maximum absolute atomic E-state index is 13.5. The molecule has 1 aromatic carbocycles. The van der Waals surface area contributed by atoms with Crippen LogP contribution < -0.4 is 0 Å². The summed E-state index contributed by atoms with van der Waals surface area (Å²) in [7, 11) is 0. The van der Waals surface area contributed by atoms with Gasteiger partial charge in [-0.3, -0.25) is 4.79 Å². The van der Waals surface area contributed by atoms with Crippen LogP contribution >= 0.6 is 11.6 Å². The fourth-order valence-corrected chi connectivity index (χ4v) is 1.56. The molecular weight excluding hydrogens is 231 g/mol. The Kier molecular flexibility index (Phi) is 3.06. The molecule has 0 bridgehead atoms. The molecule has 0 amide bonds. The van der Waals surface area contributed by atoms with Gasteiger partial charge in [-0.15, -0.1) is 0 Å². The Bertz CT molecular complexity index is 506. The number of hydrogen-bond donors (Lipinski definition) is 0. The van der Waals surface area contributed by atoms with Crippen molar-refractivity contribution in [1.29, 1.82) is 0 Å². The molecule has 16 heavy (non-hydrogen) atoms. The predicted molar refractivity (Wildman–Crippen MR) is 58.2 cm³/mol. The molecule has 0 fully saturated rings. The highest BCUT2D eigenvalue weighted by Gasteiger charge is 2.15. The zero-order valence-corrected chi connectivity index (χ0v) is 9.00. The summed E-state index contributed by atoms with van der Waals surface area (Å²) >= 11 is 5.59. The van der Waals surface area contributed by atoms with E-state index in [0.717, 1.165) is 0 Å². The molecule has 4 heteroatoms. The monoisotopic (exact) mass is 238 g/mol. The van der Waals surface area contributed by atoms with Crippen molar-refractivity contribution in [3.8, 4) is 0 Å². The highest BCUT2D eigenvalue weighted by Crippen LogP contribution is 2.19. The Morgan fingerprint density at radius 1 is 1.31 bits per heavy atom. The minimum Gasteiger partial charge on any atom is -0.469 e. The lowest BCUT2D eigenvalue weighted by molar-refractivity contribution is 0.0983. The minimum absolute atomic E-state index is 0.0103. The topological polar surface area (TPSA) is 30.2 Å². The molecule has 0 aliphatic carbocycles. The minimum atomic E-state index is -0.680. The van der Waals surface area contributed by atoms with E-state index in [1.165, 1.54) is 18.4 Å². The number of benzene rings is 1. The second-order valence-electron chi connectivity index (χ2n) is 3.28. The lowest BCUT2D eigenvalue weighted by Crippen LogP contribution is -2.05. The Labute approximate surface area is 96.6 Å². The molecule has 0 saturated carbocycles.